The minimum Gasteiger partial charge on any atom is -0.701 e. The van der Waals surface area contributed by atoms with Gasteiger partial charge in [-0.25, -0.2) is 0 Å². The molecule has 0 aromatic heterocycles. The van der Waals surface area contributed by atoms with E-state index in [0.717, 1.165) is 0 Å². The van der Waals surface area contributed by atoms with Gasteiger partial charge in [0.15, 0.2) is 0 Å². The molecule has 0 radical (unpaired) electrons. The molecular formula is C17H27CuSiTi. The van der Waals surface area contributed by atoms with Crippen molar-refractivity contribution in [1.29, 1.82) is 0 Å². The number of hydrogen-bond donors (Lipinski definition) is 0. The summed E-state index contributed by atoms with van der Waals surface area (Å²) in [4.78, 5) is 0. The Labute approximate surface area is 155 Å². The van der Waals surface area contributed by atoms with Crippen molar-refractivity contribution in [1.82, 2.24) is 0 Å². The molecule has 0 heterocycles. The Morgan fingerprint density at radius 3 is 0.800 bits per heavy atom. The Balaban J connectivity index is -0.0000000536. The molecule has 0 aliphatic heterocycles. The van der Waals surface area contributed by atoms with E-state index in [2.05, 4.69) is 37.0 Å². The third kappa shape index (κ3) is 63.8. The molecule has 0 aromatic carbocycles. The van der Waals surface area contributed by atoms with Crippen LogP contribution in [0.3, 0.4) is 0 Å². The van der Waals surface area contributed by atoms with Gasteiger partial charge in [0.25, 0.3) is 0 Å². The SMILES string of the molecule is [C-]#CC(C)(C)C.[C-]#CC(C)(C)C.[C-]#C[Si](C)(C)C.[Cu+].[Ti+2]. The maximum atomic E-state index is 6.67. The third-order valence-electron chi connectivity index (χ3n) is 1.12. The molecule has 0 aromatic rings. The van der Waals surface area contributed by atoms with Gasteiger partial charge in [0, 0.05) is 0 Å². The summed E-state index contributed by atoms with van der Waals surface area (Å²) in [5.74, 6) is 4.71. The van der Waals surface area contributed by atoms with E-state index in [0.29, 0.717) is 0 Å². The van der Waals surface area contributed by atoms with Crippen LogP contribution in [0.5, 0.6) is 0 Å². The van der Waals surface area contributed by atoms with Gasteiger partial charge in [-0.05, 0) is 10.8 Å². The first kappa shape index (κ1) is 32.2. The summed E-state index contributed by atoms with van der Waals surface area (Å²) in [5.41, 5.74) is 2.41. The van der Waals surface area contributed by atoms with Crippen LogP contribution in [0.1, 0.15) is 41.5 Å². The molecule has 0 N–H and O–H groups in total. The van der Waals surface area contributed by atoms with Crippen molar-refractivity contribution in [2.45, 2.75) is 61.2 Å². The molecule has 0 atom stereocenters. The van der Waals surface area contributed by atoms with Crippen LogP contribution in [-0.4, -0.2) is 8.07 Å². The quantitative estimate of drug-likeness (QED) is 0.329. The standard InChI is InChI=1S/2C6H9.C5H9Si.Cu.Ti/c3*1-5-6(2,3)4;;/h3*2-4H3;;/q3*-1;+1;+2. The summed E-state index contributed by atoms with van der Waals surface area (Å²) in [7, 11) is -1.21. The molecule has 0 fully saturated rings. The van der Waals surface area contributed by atoms with Crippen LogP contribution in [0.25, 0.3) is 0 Å². The Kier molecular flexibility index (Phi) is 22.7. The molecule has 114 valence electrons. The van der Waals surface area contributed by atoms with Gasteiger partial charge in [-0.2, -0.15) is 0 Å². The summed E-state index contributed by atoms with van der Waals surface area (Å²) in [5, 5.41) is 0. The van der Waals surface area contributed by atoms with E-state index in [4.69, 9.17) is 19.3 Å². The smallest absolute Gasteiger partial charge is 0.701 e. The summed E-state index contributed by atoms with van der Waals surface area (Å²) in [6, 6.07) is 0. The normalized spacial score (nSPS) is 9.30. The zero-order valence-electron chi connectivity index (χ0n) is 14.3. The molecule has 0 unspecified atom stereocenters. The van der Waals surface area contributed by atoms with Crippen molar-refractivity contribution in [3.05, 3.63) is 19.3 Å². The Morgan fingerprint density at radius 2 is 0.800 bits per heavy atom. The monoisotopic (exact) mass is 370 g/mol. The first-order chi connectivity index (χ1) is 7.68. The molecule has 0 nitrogen and oxygen atoms in total. The molecular weight excluding hydrogens is 344 g/mol. The van der Waals surface area contributed by atoms with E-state index >= 15 is 0 Å². The van der Waals surface area contributed by atoms with Crippen LogP contribution >= 0.6 is 0 Å². The second-order valence-electron chi connectivity index (χ2n) is 7.12. The van der Waals surface area contributed by atoms with Crippen LogP contribution in [-0.2, 0) is 38.8 Å². The zero-order valence-corrected chi connectivity index (χ0v) is 17.8. The maximum absolute atomic E-state index is 6.67. The topological polar surface area (TPSA) is 0 Å². The van der Waals surface area contributed by atoms with E-state index in [-0.39, 0.29) is 49.6 Å². The summed E-state index contributed by atoms with van der Waals surface area (Å²) in [6.45, 7) is 17.9. The minimum absolute atomic E-state index is 0. The molecule has 0 amide bonds. The molecule has 0 aliphatic rings. The van der Waals surface area contributed by atoms with Gasteiger partial charge >= 0.3 is 38.8 Å². The predicted octanol–water partition coefficient (Wildman–Crippen LogP) is 4.69. The average molecular weight is 371 g/mol. The van der Waals surface area contributed by atoms with Crippen LogP contribution in [0.4, 0.5) is 0 Å². The second kappa shape index (κ2) is 14.1. The van der Waals surface area contributed by atoms with Gasteiger partial charge in [0.05, 0.1) is 8.07 Å². The van der Waals surface area contributed by atoms with Crippen molar-refractivity contribution in [2.75, 3.05) is 0 Å². The van der Waals surface area contributed by atoms with Gasteiger partial charge in [0.1, 0.15) is 0 Å². The largest absolute Gasteiger partial charge is 2.00 e. The van der Waals surface area contributed by atoms with Gasteiger partial charge in [-0.1, -0.05) is 61.2 Å². The van der Waals surface area contributed by atoms with E-state index in [1.54, 1.807) is 0 Å². The van der Waals surface area contributed by atoms with E-state index < -0.39 is 8.07 Å². The molecule has 0 rings (SSSR count). The number of hydrogen-bond acceptors (Lipinski definition) is 0. The fraction of sp³-hybridized carbons (Fsp3) is 0.647. The van der Waals surface area contributed by atoms with Gasteiger partial charge in [0.2, 0.25) is 0 Å². The van der Waals surface area contributed by atoms with Gasteiger partial charge in [-0.3, -0.25) is 0 Å². The Hall–Kier alpha value is 0.131. The molecule has 0 spiro atoms. The fourth-order valence-electron chi connectivity index (χ4n) is 0. The Bertz CT molecular complexity index is 275. The fourth-order valence-corrected chi connectivity index (χ4v) is 0. The summed E-state index contributed by atoms with van der Waals surface area (Å²) < 4.78 is 0. The van der Waals surface area contributed by atoms with Gasteiger partial charge in [-0.15, -0.1) is 0 Å². The second-order valence-corrected chi connectivity index (χ2v) is 11.9. The molecule has 3 heteroatoms. The van der Waals surface area contributed by atoms with E-state index in [1.807, 2.05) is 41.5 Å². The predicted molar refractivity (Wildman–Crippen MR) is 83.6 cm³/mol. The van der Waals surface area contributed by atoms with Crippen molar-refractivity contribution in [2.24, 2.45) is 10.8 Å². The van der Waals surface area contributed by atoms with Crippen LogP contribution in [0.15, 0.2) is 0 Å². The van der Waals surface area contributed by atoms with Crippen LogP contribution in [0.2, 0.25) is 19.6 Å². The molecule has 0 saturated carbocycles. The minimum atomic E-state index is -1.21. The third-order valence-corrected chi connectivity index (χ3v) is 1.88. The summed E-state index contributed by atoms with van der Waals surface area (Å²) in [6.07, 6.45) is 19.9. The van der Waals surface area contributed by atoms with E-state index in [1.165, 1.54) is 0 Å². The molecule has 0 bridgehead atoms. The van der Waals surface area contributed by atoms with E-state index in [9.17, 15) is 0 Å². The first-order valence-electron chi connectivity index (χ1n) is 6.00. The van der Waals surface area contributed by atoms with Gasteiger partial charge < -0.3 is 36.7 Å². The molecule has 0 aliphatic carbocycles. The van der Waals surface area contributed by atoms with Crippen LogP contribution < -0.4 is 0 Å². The molecule has 0 saturated heterocycles. The molecule has 20 heavy (non-hydrogen) atoms. The maximum Gasteiger partial charge on any atom is 2.00 e. The average Bonchev–Trinajstić information content (AvgIpc) is 2.16. The Morgan fingerprint density at radius 1 is 0.700 bits per heavy atom. The number of rotatable bonds is 0. The van der Waals surface area contributed by atoms with Crippen molar-refractivity contribution in [3.63, 3.8) is 0 Å². The zero-order chi connectivity index (χ0) is 15.6. The van der Waals surface area contributed by atoms with Crippen molar-refractivity contribution >= 4 is 8.07 Å². The van der Waals surface area contributed by atoms with Crippen molar-refractivity contribution in [3.8, 4) is 17.4 Å². The summed E-state index contributed by atoms with van der Waals surface area (Å²) >= 11 is 0. The first-order valence-corrected chi connectivity index (χ1v) is 9.50. The van der Waals surface area contributed by atoms with Crippen molar-refractivity contribution < 1.29 is 38.8 Å². The van der Waals surface area contributed by atoms with Crippen LogP contribution in [0, 0.1) is 47.5 Å².